The monoisotopic (exact) mass is 271 g/mol. The molecule has 0 radical (unpaired) electrons. The average Bonchev–Trinajstić information content (AvgIpc) is 2.14. The minimum atomic E-state index is -1.12. The lowest BCUT2D eigenvalue weighted by molar-refractivity contribution is -0.137. The van der Waals surface area contributed by atoms with Gasteiger partial charge in [-0.2, -0.15) is 5.26 Å². The molecule has 1 aromatic carbocycles. The van der Waals surface area contributed by atoms with Gasteiger partial charge >= 0.3 is 5.97 Å². The number of carboxylic acids is 1. The highest BCUT2D eigenvalue weighted by atomic mass is 79.9. The molecule has 0 spiro atoms. The van der Waals surface area contributed by atoms with Crippen LogP contribution in [-0.2, 0) is 4.79 Å². The topological polar surface area (TPSA) is 61.1 Å². The molecule has 0 unspecified atom stereocenters. The smallest absolute Gasteiger partial charge is 0.305 e. The first-order chi connectivity index (χ1) is 7.04. The summed E-state index contributed by atoms with van der Waals surface area (Å²) in [7, 11) is 0. The van der Waals surface area contributed by atoms with Crippen molar-refractivity contribution >= 4 is 21.9 Å². The third kappa shape index (κ3) is 3.03. The summed E-state index contributed by atoms with van der Waals surface area (Å²) in [6, 6.07) is 5.97. The molecule has 0 aromatic heterocycles. The first kappa shape index (κ1) is 11.7. The van der Waals surface area contributed by atoms with Gasteiger partial charge < -0.3 is 5.11 Å². The van der Waals surface area contributed by atoms with E-state index in [9.17, 15) is 9.18 Å². The van der Waals surface area contributed by atoms with E-state index in [1.807, 2.05) is 0 Å². The van der Waals surface area contributed by atoms with Gasteiger partial charge in [-0.1, -0.05) is 22.0 Å². The molecule has 0 aliphatic heterocycles. The molecule has 0 saturated carbocycles. The number of nitriles is 1. The number of aliphatic carboxylic acids is 1. The maximum atomic E-state index is 13.4. The summed E-state index contributed by atoms with van der Waals surface area (Å²) >= 11 is 3.08. The highest BCUT2D eigenvalue weighted by molar-refractivity contribution is 9.10. The fraction of sp³-hybridized carbons (Fsp3) is 0.200. The first-order valence-electron chi connectivity index (χ1n) is 4.11. The summed E-state index contributed by atoms with van der Waals surface area (Å²) in [5.74, 6) is -2.64. The molecule has 0 amide bonds. The van der Waals surface area contributed by atoms with Crippen LogP contribution in [0.15, 0.2) is 22.7 Å². The number of nitrogens with zero attached hydrogens (tertiary/aromatic N) is 1. The van der Waals surface area contributed by atoms with Gasteiger partial charge in [-0.3, -0.25) is 4.79 Å². The number of hydrogen-bond acceptors (Lipinski definition) is 2. The van der Waals surface area contributed by atoms with Crippen molar-refractivity contribution < 1.29 is 14.3 Å². The molecule has 1 N–H and O–H groups in total. The summed E-state index contributed by atoms with van der Waals surface area (Å²) < 4.78 is 13.9. The summed E-state index contributed by atoms with van der Waals surface area (Å²) in [6.07, 6.45) is -0.394. The molecule has 15 heavy (non-hydrogen) atoms. The fourth-order valence-corrected chi connectivity index (χ4v) is 1.52. The Morgan fingerprint density at radius 3 is 2.80 bits per heavy atom. The summed E-state index contributed by atoms with van der Waals surface area (Å²) in [5, 5.41) is 17.3. The Morgan fingerprint density at radius 2 is 2.33 bits per heavy atom. The van der Waals surface area contributed by atoms with Crippen LogP contribution in [0, 0.1) is 17.1 Å². The van der Waals surface area contributed by atoms with Gasteiger partial charge in [0.2, 0.25) is 0 Å². The largest absolute Gasteiger partial charge is 0.481 e. The third-order valence-electron chi connectivity index (χ3n) is 1.87. The van der Waals surface area contributed by atoms with Crippen molar-refractivity contribution in [2.24, 2.45) is 0 Å². The van der Waals surface area contributed by atoms with Crippen molar-refractivity contribution in [3.8, 4) is 6.07 Å². The van der Waals surface area contributed by atoms with E-state index in [2.05, 4.69) is 15.9 Å². The van der Waals surface area contributed by atoms with Gasteiger partial charge in [0.1, 0.15) is 5.82 Å². The van der Waals surface area contributed by atoms with Crippen molar-refractivity contribution in [2.75, 3.05) is 0 Å². The molecular formula is C10H7BrFNO2. The SMILES string of the molecule is N#C[C@@H](CC(=O)O)c1ccc(Br)cc1F. The predicted molar refractivity (Wildman–Crippen MR) is 54.7 cm³/mol. The zero-order chi connectivity index (χ0) is 11.4. The number of carbonyl (C=O) groups is 1. The second-order valence-corrected chi connectivity index (χ2v) is 3.86. The second-order valence-electron chi connectivity index (χ2n) is 2.95. The molecule has 0 saturated heterocycles. The van der Waals surface area contributed by atoms with E-state index in [1.54, 1.807) is 12.1 Å². The standard InChI is InChI=1S/C10H7BrFNO2/c11-7-1-2-8(9(12)4-7)6(5-13)3-10(14)15/h1-2,4,6H,3H2,(H,14,15)/t6-/m1/s1. The molecule has 0 heterocycles. The van der Waals surface area contributed by atoms with Crippen LogP contribution in [0.3, 0.4) is 0 Å². The highest BCUT2D eigenvalue weighted by Gasteiger charge is 2.18. The van der Waals surface area contributed by atoms with E-state index in [4.69, 9.17) is 10.4 Å². The summed E-state index contributed by atoms with van der Waals surface area (Å²) in [5.41, 5.74) is 0.114. The lowest BCUT2D eigenvalue weighted by Gasteiger charge is -2.07. The summed E-state index contributed by atoms with van der Waals surface area (Å²) in [4.78, 5) is 10.4. The van der Waals surface area contributed by atoms with E-state index in [0.717, 1.165) is 0 Å². The molecule has 3 nitrogen and oxygen atoms in total. The maximum absolute atomic E-state index is 13.4. The van der Waals surface area contributed by atoms with Crippen LogP contribution < -0.4 is 0 Å². The molecule has 1 aromatic rings. The Balaban J connectivity index is 3.03. The second kappa shape index (κ2) is 4.89. The molecule has 0 aliphatic carbocycles. The van der Waals surface area contributed by atoms with Crippen LogP contribution in [-0.4, -0.2) is 11.1 Å². The Labute approximate surface area is 94.3 Å². The number of carboxylic acid groups (broad SMARTS) is 1. The zero-order valence-electron chi connectivity index (χ0n) is 7.58. The highest BCUT2D eigenvalue weighted by Crippen LogP contribution is 2.24. The van der Waals surface area contributed by atoms with E-state index in [-0.39, 0.29) is 5.56 Å². The quantitative estimate of drug-likeness (QED) is 0.920. The molecular weight excluding hydrogens is 265 g/mol. The fourth-order valence-electron chi connectivity index (χ4n) is 1.18. The van der Waals surface area contributed by atoms with Gasteiger partial charge in [-0.05, 0) is 12.1 Å². The molecule has 5 heteroatoms. The lowest BCUT2D eigenvalue weighted by atomic mass is 9.97. The van der Waals surface area contributed by atoms with Crippen LogP contribution >= 0.6 is 15.9 Å². The van der Waals surface area contributed by atoms with Crippen molar-refractivity contribution in [2.45, 2.75) is 12.3 Å². The summed E-state index contributed by atoms with van der Waals surface area (Å²) in [6.45, 7) is 0. The zero-order valence-corrected chi connectivity index (χ0v) is 9.16. The lowest BCUT2D eigenvalue weighted by Crippen LogP contribution is -2.06. The van der Waals surface area contributed by atoms with Gasteiger partial charge in [-0.15, -0.1) is 0 Å². The van der Waals surface area contributed by atoms with Crippen LogP contribution in [0.1, 0.15) is 17.9 Å². The van der Waals surface area contributed by atoms with Crippen LogP contribution in [0.2, 0.25) is 0 Å². The van der Waals surface area contributed by atoms with Crippen molar-refractivity contribution in [3.63, 3.8) is 0 Å². The van der Waals surface area contributed by atoms with Crippen LogP contribution in [0.5, 0.6) is 0 Å². The third-order valence-corrected chi connectivity index (χ3v) is 2.37. The number of rotatable bonds is 3. The Kier molecular flexibility index (Phi) is 3.81. The Morgan fingerprint density at radius 1 is 1.67 bits per heavy atom. The van der Waals surface area contributed by atoms with Crippen molar-refractivity contribution in [3.05, 3.63) is 34.1 Å². The molecule has 78 valence electrons. The van der Waals surface area contributed by atoms with Crippen molar-refractivity contribution in [1.29, 1.82) is 5.26 Å². The first-order valence-corrected chi connectivity index (χ1v) is 4.90. The van der Waals surface area contributed by atoms with E-state index < -0.39 is 24.1 Å². The van der Waals surface area contributed by atoms with Gasteiger partial charge in [0.25, 0.3) is 0 Å². The van der Waals surface area contributed by atoms with E-state index in [0.29, 0.717) is 4.47 Å². The maximum Gasteiger partial charge on any atom is 0.305 e. The van der Waals surface area contributed by atoms with Gasteiger partial charge in [0.15, 0.2) is 0 Å². The molecule has 1 atom stereocenters. The minimum absolute atomic E-state index is 0.114. The number of halogens is 2. The van der Waals surface area contributed by atoms with Gasteiger partial charge in [-0.25, -0.2) is 4.39 Å². The predicted octanol–water partition coefficient (Wildman–Crippen LogP) is 2.67. The van der Waals surface area contributed by atoms with E-state index >= 15 is 0 Å². The van der Waals surface area contributed by atoms with Crippen LogP contribution in [0.4, 0.5) is 4.39 Å². The molecule has 0 fully saturated rings. The molecule has 0 bridgehead atoms. The minimum Gasteiger partial charge on any atom is -0.481 e. The number of benzene rings is 1. The molecule has 1 rings (SSSR count). The normalized spacial score (nSPS) is 11.8. The average molecular weight is 272 g/mol. The Bertz CT molecular complexity index is 428. The number of hydrogen-bond donors (Lipinski definition) is 1. The van der Waals surface area contributed by atoms with Crippen molar-refractivity contribution in [1.82, 2.24) is 0 Å². The van der Waals surface area contributed by atoms with E-state index in [1.165, 1.54) is 12.1 Å². The van der Waals surface area contributed by atoms with Gasteiger partial charge in [0, 0.05) is 10.0 Å². The van der Waals surface area contributed by atoms with Crippen LogP contribution in [0.25, 0.3) is 0 Å². The molecule has 0 aliphatic rings. The Hall–Kier alpha value is -1.41. The van der Waals surface area contributed by atoms with Gasteiger partial charge in [0.05, 0.1) is 18.4 Å².